The van der Waals surface area contributed by atoms with Gasteiger partial charge >= 0.3 is 13.8 Å². The Morgan fingerprint density at radius 2 is 0.762 bits per heavy atom. The molecule has 0 aliphatic rings. The van der Waals surface area contributed by atoms with E-state index in [0.717, 1.165) is 77.0 Å². The summed E-state index contributed by atoms with van der Waals surface area (Å²) in [7, 11) is 1.50. The minimum absolute atomic E-state index is 0.0396. The SMILES string of the molecule is CCCCC/C=C\C/C=C\CCCCCCCCCC(=O)NC(COP(=O)(O)OCC[N+](C)(C)C)C(/C=C\CCCCCCCCCCCC)OC(=O)CCCCCCCCCCCCCCCCC/C=C/CCCCCCCC. The van der Waals surface area contributed by atoms with E-state index in [2.05, 4.69) is 62.5 Å². The first-order valence-corrected chi connectivity index (χ1v) is 36.0. The van der Waals surface area contributed by atoms with Crippen molar-refractivity contribution in [2.75, 3.05) is 40.9 Å². The van der Waals surface area contributed by atoms with Crippen molar-refractivity contribution in [3.8, 4) is 0 Å². The summed E-state index contributed by atoms with van der Waals surface area (Å²) in [5, 5.41) is 3.06. The molecule has 0 aromatic rings. The molecule has 0 aliphatic carbocycles. The largest absolute Gasteiger partial charge is 0.472 e. The summed E-state index contributed by atoms with van der Waals surface area (Å²) in [6.45, 7) is 7.02. The van der Waals surface area contributed by atoms with Gasteiger partial charge in [-0.2, -0.15) is 0 Å². The fourth-order valence-electron chi connectivity index (χ4n) is 10.1. The fraction of sp³-hybridized carbons (Fsp3) is 0.857. The number of phosphoric acid groups is 1. The van der Waals surface area contributed by atoms with Crippen molar-refractivity contribution in [3.63, 3.8) is 0 Å². The fourth-order valence-corrected chi connectivity index (χ4v) is 10.9. The van der Waals surface area contributed by atoms with Crippen LogP contribution in [0.5, 0.6) is 0 Å². The van der Waals surface area contributed by atoms with E-state index in [1.807, 2.05) is 33.3 Å². The van der Waals surface area contributed by atoms with Gasteiger partial charge in [-0.15, -0.1) is 0 Å². The molecule has 0 aromatic heterocycles. The van der Waals surface area contributed by atoms with Crippen LogP contribution in [0.1, 0.15) is 335 Å². The van der Waals surface area contributed by atoms with Crippen LogP contribution in [-0.4, -0.2) is 74.3 Å². The third kappa shape index (κ3) is 60.6. The summed E-state index contributed by atoms with van der Waals surface area (Å²) >= 11 is 0. The molecule has 0 saturated heterocycles. The molecule has 0 aromatic carbocycles. The summed E-state index contributed by atoms with van der Waals surface area (Å²) in [6, 6.07) is -0.851. The maximum atomic E-state index is 13.6. The molecule has 0 aliphatic heterocycles. The predicted molar refractivity (Wildman–Crippen MR) is 346 cm³/mol. The Hall–Kier alpha value is -2.03. The maximum absolute atomic E-state index is 13.6. The van der Waals surface area contributed by atoms with Crippen LogP contribution in [-0.2, 0) is 27.9 Å². The molecule has 0 radical (unpaired) electrons. The first-order chi connectivity index (χ1) is 38.9. The molecule has 2 N–H and O–H groups in total. The van der Waals surface area contributed by atoms with E-state index < -0.39 is 20.0 Å². The second-order valence-corrected chi connectivity index (χ2v) is 26.1. The molecule has 3 atom stereocenters. The zero-order valence-electron chi connectivity index (χ0n) is 53.8. The predicted octanol–water partition coefficient (Wildman–Crippen LogP) is 21.6. The quantitative estimate of drug-likeness (QED) is 0.0205. The zero-order chi connectivity index (χ0) is 58.6. The Labute approximate surface area is 497 Å². The lowest BCUT2D eigenvalue weighted by atomic mass is 10.0. The molecule has 470 valence electrons. The number of phosphoric ester groups is 1. The minimum atomic E-state index is -4.45. The molecule has 0 rings (SSSR count). The minimum Gasteiger partial charge on any atom is -0.456 e. The number of rotatable bonds is 63. The van der Waals surface area contributed by atoms with Crippen LogP contribution >= 0.6 is 7.82 Å². The van der Waals surface area contributed by atoms with Gasteiger partial charge in [0.05, 0.1) is 33.8 Å². The third-order valence-corrected chi connectivity index (χ3v) is 16.5. The van der Waals surface area contributed by atoms with Crippen LogP contribution in [0.4, 0.5) is 0 Å². The number of amides is 1. The first-order valence-electron chi connectivity index (χ1n) is 34.5. The van der Waals surface area contributed by atoms with Crippen molar-refractivity contribution in [2.24, 2.45) is 0 Å². The van der Waals surface area contributed by atoms with Crippen LogP contribution in [0.3, 0.4) is 0 Å². The van der Waals surface area contributed by atoms with Gasteiger partial charge in [-0.05, 0) is 89.5 Å². The van der Waals surface area contributed by atoms with Gasteiger partial charge in [0, 0.05) is 12.8 Å². The highest BCUT2D eigenvalue weighted by molar-refractivity contribution is 7.47. The van der Waals surface area contributed by atoms with Crippen molar-refractivity contribution in [1.82, 2.24) is 5.32 Å². The number of esters is 1. The molecule has 1 amide bonds. The lowest BCUT2D eigenvalue weighted by molar-refractivity contribution is -0.870. The van der Waals surface area contributed by atoms with Crippen LogP contribution in [0, 0.1) is 0 Å². The summed E-state index contributed by atoms with van der Waals surface area (Å²) in [4.78, 5) is 37.8. The van der Waals surface area contributed by atoms with E-state index in [1.54, 1.807) is 0 Å². The number of unbranched alkanes of at least 4 members (excludes halogenated alkanes) is 41. The van der Waals surface area contributed by atoms with Gasteiger partial charge in [0.2, 0.25) is 5.91 Å². The zero-order valence-corrected chi connectivity index (χ0v) is 54.7. The van der Waals surface area contributed by atoms with E-state index in [-0.39, 0.29) is 25.1 Å². The van der Waals surface area contributed by atoms with E-state index in [1.165, 1.54) is 225 Å². The highest BCUT2D eigenvalue weighted by atomic mass is 31.2. The molecule has 0 heterocycles. The molecular formula is C70H134N2O7P+. The number of allylic oxidation sites excluding steroid dienone is 7. The van der Waals surface area contributed by atoms with Gasteiger partial charge in [0.1, 0.15) is 19.3 Å². The second kappa shape index (κ2) is 60.1. The average Bonchev–Trinajstić information content (AvgIpc) is 3.42. The Morgan fingerprint density at radius 1 is 0.438 bits per heavy atom. The van der Waals surface area contributed by atoms with Gasteiger partial charge in [-0.25, -0.2) is 4.57 Å². The van der Waals surface area contributed by atoms with Gasteiger partial charge in [0.25, 0.3) is 0 Å². The summed E-state index contributed by atoms with van der Waals surface area (Å²) in [5.41, 5.74) is 0. The van der Waals surface area contributed by atoms with Crippen LogP contribution in [0.2, 0.25) is 0 Å². The number of quaternary nitrogens is 1. The number of nitrogens with zero attached hydrogens (tertiary/aromatic N) is 1. The topological polar surface area (TPSA) is 111 Å². The molecule has 10 heteroatoms. The summed E-state index contributed by atoms with van der Waals surface area (Å²) < 4.78 is 30.8. The van der Waals surface area contributed by atoms with Crippen molar-refractivity contribution >= 4 is 19.7 Å². The van der Waals surface area contributed by atoms with Gasteiger partial charge in [-0.1, -0.05) is 282 Å². The van der Waals surface area contributed by atoms with E-state index in [0.29, 0.717) is 23.9 Å². The smallest absolute Gasteiger partial charge is 0.456 e. The maximum Gasteiger partial charge on any atom is 0.472 e. The third-order valence-electron chi connectivity index (χ3n) is 15.5. The van der Waals surface area contributed by atoms with Crippen LogP contribution in [0.15, 0.2) is 48.6 Å². The number of carbonyl (C=O) groups is 2. The Balaban J connectivity index is 5.06. The van der Waals surface area contributed by atoms with Crippen LogP contribution < -0.4 is 5.32 Å². The number of carbonyl (C=O) groups excluding carboxylic acids is 2. The molecule has 0 bridgehead atoms. The Kier molecular flexibility index (Phi) is 58.6. The molecule has 9 nitrogen and oxygen atoms in total. The summed E-state index contributed by atoms with van der Waals surface area (Å²) in [6.07, 6.45) is 75.5. The van der Waals surface area contributed by atoms with Crippen molar-refractivity contribution in [1.29, 1.82) is 0 Å². The van der Waals surface area contributed by atoms with Gasteiger partial charge in [-0.3, -0.25) is 18.6 Å². The lowest BCUT2D eigenvalue weighted by Gasteiger charge is -2.27. The Morgan fingerprint density at radius 3 is 1.16 bits per heavy atom. The number of hydrogen-bond donors (Lipinski definition) is 2. The highest BCUT2D eigenvalue weighted by Crippen LogP contribution is 2.43. The lowest BCUT2D eigenvalue weighted by Crippen LogP contribution is -2.47. The average molecular weight is 1150 g/mol. The van der Waals surface area contributed by atoms with E-state index in [4.69, 9.17) is 13.8 Å². The summed E-state index contributed by atoms with van der Waals surface area (Å²) in [5.74, 6) is -0.501. The number of nitrogens with one attached hydrogen (secondary N) is 1. The Bertz CT molecular complexity index is 1510. The number of ether oxygens (including phenoxy) is 1. The monoisotopic (exact) mass is 1150 g/mol. The van der Waals surface area contributed by atoms with Crippen LogP contribution in [0.25, 0.3) is 0 Å². The highest BCUT2D eigenvalue weighted by Gasteiger charge is 2.30. The molecule has 3 unspecified atom stereocenters. The normalized spacial score (nSPS) is 13.8. The van der Waals surface area contributed by atoms with Crippen molar-refractivity contribution in [2.45, 2.75) is 348 Å². The van der Waals surface area contributed by atoms with E-state index in [9.17, 15) is 19.0 Å². The molecule has 80 heavy (non-hydrogen) atoms. The molecule has 0 saturated carbocycles. The second-order valence-electron chi connectivity index (χ2n) is 24.7. The van der Waals surface area contributed by atoms with Gasteiger partial charge in [0.15, 0.2) is 0 Å². The molecular weight excluding hydrogens is 1010 g/mol. The molecule has 0 spiro atoms. The first kappa shape index (κ1) is 78.0. The standard InChI is InChI=1S/C70H133N2O7P/c1-7-10-13-16-19-22-25-28-30-32-33-34-35-36-37-38-39-41-43-45-48-51-54-57-60-63-70(74)79-68(61-58-55-52-49-46-27-24-21-18-15-12-9-3)67(66-78-80(75,76)77-65-64-72(4,5)6)71-69(73)62-59-56-53-50-47-44-42-40-31-29-26-23-20-17-14-11-8-2/h20,23,28-31,58,61,67-68H,7-19,21-22,24-27,32-57,59-60,62-66H2,1-6H3,(H-,71,73,75,76)/p+1/b23-20-,30-28+,31-29-,61-58-. The number of hydrogen-bond acceptors (Lipinski definition) is 6. The van der Waals surface area contributed by atoms with Crippen molar-refractivity contribution in [3.05, 3.63) is 48.6 Å². The molecule has 0 fully saturated rings. The number of likely N-dealkylation sites (N-methyl/N-ethyl adjacent to an activating group) is 1. The van der Waals surface area contributed by atoms with Gasteiger partial charge < -0.3 is 19.4 Å². The van der Waals surface area contributed by atoms with E-state index >= 15 is 0 Å². The van der Waals surface area contributed by atoms with Crippen molar-refractivity contribution < 1.29 is 37.3 Å².